The summed E-state index contributed by atoms with van der Waals surface area (Å²) in [7, 11) is 0. The predicted octanol–water partition coefficient (Wildman–Crippen LogP) is 1.47. The van der Waals surface area contributed by atoms with Crippen molar-refractivity contribution in [2.45, 2.75) is 44.3 Å². The number of hydrogen-bond donors (Lipinski definition) is 1. The van der Waals surface area contributed by atoms with Gasteiger partial charge in [-0.2, -0.15) is 0 Å². The van der Waals surface area contributed by atoms with E-state index < -0.39 is 0 Å². The highest BCUT2D eigenvalue weighted by molar-refractivity contribution is 5.08. The van der Waals surface area contributed by atoms with Crippen molar-refractivity contribution in [3.63, 3.8) is 0 Å². The molecule has 0 radical (unpaired) electrons. The summed E-state index contributed by atoms with van der Waals surface area (Å²) < 4.78 is 0. The highest BCUT2D eigenvalue weighted by Crippen LogP contribution is 2.36. The first-order chi connectivity index (χ1) is 9.77. The van der Waals surface area contributed by atoms with Crippen LogP contribution in [0.5, 0.6) is 0 Å². The maximum absolute atomic E-state index is 6.19. The minimum atomic E-state index is 0.148. The first-order valence-electron chi connectivity index (χ1n) is 7.86. The minimum Gasteiger partial charge on any atom is -0.329 e. The summed E-state index contributed by atoms with van der Waals surface area (Å²) in [5, 5.41) is 0. The van der Waals surface area contributed by atoms with Crippen LogP contribution >= 0.6 is 0 Å². The van der Waals surface area contributed by atoms with Gasteiger partial charge in [-0.05, 0) is 37.9 Å². The van der Waals surface area contributed by atoms with E-state index in [9.17, 15) is 0 Å². The number of hydrogen-bond acceptors (Lipinski definition) is 4. The summed E-state index contributed by atoms with van der Waals surface area (Å²) in [4.78, 5) is 9.66. The van der Waals surface area contributed by atoms with Crippen molar-refractivity contribution in [1.29, 1.82) is 0 Å². The molecule has 2 heterocycles. The lowest BCUT2D eigenvalue weighted by molar-refractivity contribution is 0.0941. The smallest absolute Gasteiger partial charge is 0.0544 e. The maximum atomic E-state index is 6.19. The van der Waals surface area contributed by atoms with Crippen LogP contribution in [0.1, 0.15) is 31.9 Å². The average molecular weight is 274 g/mol. The Kier molecular flexibility index (Phi) is 4.06. The first kappa shape index (κ1) is 14.0. The fourth-order valence-corrected chi connectivity index (χ4v) is 3.50. The molecule has 2 aliphatic rings. The fourth-order valence-electron chi connectivity index (χ4n) is 3.50. The van der Waals surface area contributed by atoms with E-state index in [1.54, 1.807) is 0 Å². The van der Waals surface area contributed by atoms with Gasteiger partial charge >= 0.3 is 0 Å². The molecule has 1 unspecified atom stereocenters. The van der Waals surface area contributed by atoms with E-state index in [4.69, 9.17) is 5.73 Å². The largest absolute Gasteiger partial charge is 0.329 e. The minimum absolute atomic E-state index is 0.148. The highest BCUT2D eigenvalue weighted by atomic mass is 15.3. The van der Waals surface area contributed by atoms with Crippen molar-refractivity contribution in [1.82, 2.24) is 14.8 Å². The monoisotopic (exact) mass is 274 g/mol. The molecular weight excluding hydrogens is 248 g/mol. The van der Waals surface area contributed by atoms with E-state index in [2.05, 4.69) is 33.8 Å². The van der Waals surface area contributed by atoms with Crippen molar-refractivity contribution < 1.29 is 0 Å². The van der Waals surface area contributed by atoms with Gasteiger partial charge in [0.2, 0.25) is 0 Å². The van der Waals surface area contributed by atoms with E-state index in [0.29, 0.717) is 0 Å². The Balaban J connectivity index is 1.72. The van der Waals surface area contributed by atoms with Gasteiger partial charge in [0.1, 0.15) is 0 Å². The number of likely N-dealkylation sites (N-methyl/N-ethyl adjacent to an activating group) is 1. The molecule has 2 fully saturated rings. The third kappa shape index (κ3) is 2.73. The van der Waals surface area contributed by atoms with Crippen LogP contribution in [-0.2, 0) is 6.54 Å². The molecule has 1 aliphatic carbocycles. The van der Waals surface area contributed by atoms with E-state index >= 15 is 0 Å². The SMILES string of the molecule is CCN(Cc1ccccn1)C1(CN)CCN(C2CC2)C1. The van der Waals surface area contributed by atoms with Gasteiger partial charge in [-0.3, -0.25) is 14.8 Å². The molecule has 3 rings (SSSR count). The van der Waals surface area contributed by atoms with Crippen LogP contribution in [0, 0.1) is 0 Å². The summed E-state index contributed by atoms with van der Waals surface area (Å²) in [6.07, 6.45) is 5.84. The fraction of sp³-hybridized carbons (Fsp3) is 0.688. The summed E-state index contributed by atoms with van der Waals surface area (Å²) in [5.41, 5.74) is 7.49. The number of pyridine rings is 1. The second-order valence-corrected chi connectivity index (χ2v) is 6.22. The van der Waals surface area contributed by atoms with Crippen molar-refractivity contribution in [2.75, 3.05) is 26.2 Å². The highest BCUT2D eigenvalue weighted by Gasteiger charge is 2.45. The van der Waals surface area contributed by atoms with Gasteiger partial charge < -0.3 is 5.73 Å². The molecule has 1 aromatic heterocycles. The zero-order chi connectivity index (χ0) is 14.0. The van der Waals surface area contributed by atoms with Crippen molar-refractivity contribution in [2.24, 2.45) is 5.73 Å². The van der Waals surface area contributed by atoms with Crippen molar-refractivity contribution in [3.8, 4) is 0 Å². The number of likely N-dealkylation sites (tertiary alicyclic amines) is 1. The van der Waals surface area contributed by atoms with Gasteiger partial charge in [-0.15, -0.1) is 0 Å². The Bertz CT molecular complexity index is 431. The summed E-state index contributed by atoms with van der Waals surface area (Å²) in [6.45, 7) is 7.27. The lowest BCUT2D eigenvalue weighted by Crippen LogP contribution is -2.55. The lowest BCUT2D eigenvalue weighted by atomic mass is 9.95. The van der Waals surface area contributed by atoms with E-state index in [-0.39, 0.29) is 5.54 Å². The van der Waals surface area contributed by atoms with E-state index in [1.807, 2.05) is 12.3 Å². The van der Waals surface area contributed by atoms with Crippen LogP contribution in [0.25, 0.3) is 0 Å². The number of aromatic nitrogens is 1. The second-order valence-electron chi connectivity index (χ2n) is 6.22. The maximum Gasteiger partial charge on any atom is 0.0544 e. The predicted molar refractivity (Wildman–Crippen MR) is 81.3 cm³/mol. The third-order valence-corrected chi connectivity index (χ3v) is 4.94. The van der Waals surface area contributed by atoms with Gasteiger partial charge in [0, 0.05) is 44.0 Å². The Morgan fingerprint density at radius 1 is 1.45 bits per heavy atom. The summed E-state index contributed by atoms with van der Waals surface area (Å²) in [5.74, 6) is 0. The molecule has 20 heavy (non-hydrogen) atoms. The number of nitrogens with zero attached hydrogens (tertiary/aromatic N) is 3. The van der Waals surface area contributed by atoms with E-state index in [1.165, 1.54) is 25.8 Å². The van der Waals surface area contributed by atoms with Crippen molar-refractivity contribution >= 4 is 0 Å². The van der Waals surface area contributed by atoms with Crippen LogP contribution in [0.3, 0.4) is 0 Å². The van der Waals surface area contributed by atoms with Crippen LogP contribution in [-0.4, -0.2) is 52.5 Å². The molecule has 4 heteroatoms. The lowest BCUT2D eigenvalue weighted by Gasteiger charge is -2.40. The molecule has 1 saturated carbocycles. The van der Waals surface area contributed by atoms with Crippen LogP contribution in [0.2, 0.25) is 0 Å². The Hall–Kier alpha value is -0.970. The van der Waals surface area contributed by atoms with Gasteiger partial charge in [0.15, 0.2) is 0 Å². The molecule has 0 aromatic carbocycles. The molecule has 0 spiro atoms. The second kappa shape index (κ2) is 5.80. The molecule has 4 nitrogen and oxygen atoms in total. The van der Waals surface area contributed by atoms with Gasteiger partial charge in [0.05, 0.1) is 5.69 Å². The van der Waals surface area contributed by atoms with Crippen LogP contribution in [0.15, 0.2) is 24.4 Å². The van der Waals surface area contributed by atoms with Gasteiger partial charge in [0.25, 0.3) is 0 Å². The zero-order valence-corrected chi connectivity index (χ0v) is 12.5. The molecule has 1 saturated heterocycles. The Labute approximate surface area is 122 Å². The molecule has 2 N–H and O–H groups in total. The van der Waals surface area contributed by atoms with Crippen molar-refractivity contribution in [3.05, 3.63) is 30.1 Å². The Morgan fingerprint density at radius 3 is 2.90 bits per heavy atom. The molecule has 1 aliphatic heterocycles. The molecule has 1 aromatic rings. The zero-order valence-electron chi connectivity index (χ0n) is 12.5. The quantitative estimate of drug-likeness (QED) is 0.853. The third-order valence-electron chi connectivity index (χ3n) is 4.94. The molecule has 110 valence electrons. The normalized spacial score (nSPS) is 27.4. The van der Waals surface area contributed by atoms with Gasteiger partial charge in [-0.1, -0.05) is 13.0 Å². The number of nitrogens with two attached hydrogens (primary N) is 1. The molecular formula is C16H26N4. The summed E-state index contributed by atoms with van der Waals surface area (Å²) >= 11 is 0. The summed E-state index contributed by atoms with van der Waals surface area (Å²) in [6, 6.07) is 7.00. The Morgan fingerprint density at radius 2 is 2.30 bits per heavy atom. The first-order valence-corrected chi connectivity index (χ1v) is 7.86. The molecule has 0 bridgehead atoms. The average Bonchev–Trinajstić information content (AvgIpc) is 3.26. The van der Waals surface area contributed by atoms with E-state index in [0.717, 1.165) is 37.9 Å². The standard InChI is InChI=1S/C16H26N4/c1-2-20(11-14-5-3-4-9-18-14)16(12-17)8-10-19(13-16)15-6-7-15/h3-5,9,15H,2,6-8,10-13,17H2,1H3. The van der Waals surface area contributed by atoms with Crippen LogP contribution < -0.4 is 5.73 Å². The topological polar surface area (TPSA) is 45.4 Å². The number of rotatable bonds is 6. The molecule has 0 amide bonds. The van der Waals surface area contributed by atoms with Crippen LogP contribution in [0.4, 0.5) is 0 Å². The van der Waals surface area contributed by atoms with Gasteiger partial charge in [-0.25, -0.2) is 0 Å². The molecule has 1 atom stereocenters.